The van der Waals surface area contributed by atoms with Gasteiger partial charge in [0, 0.05) is 24.2 Å². The molecule has 0 unspecified atom stereocenters. The van der Waals surface area contributed by atoms with Gasteiger partial charge in [-0.05, 0) is 25.1 Å². The summed E-state index contributed by atoms with van der Waals surface area (Å²) in [6.45, 7) is 1.92. The van der Waals surface area contributed by atoms with E-state index in [-0.39, 0.29) is 0 Å². The zero-order chi connectivity index (χ0) is 16.2. The molecule has 6 heteroatoms. The minimum absolute atomic E-state index is 0.345. The zero-order valence-electron chi connectivity index (χ0n) is 12.4. The first kappa shape index (κ1) is 14.6. The largest absolute Gasteiger partial charge is 0.316 e. The number of nitrogens with zero attached hydrogens (tertiary/aromatic N) is 3. The van der Waals surface area contributed by atoms with Gasteiger partial charge < -0.3 is 5.32 Å². The van der Waals surface area contributed by atoms with Crippen LogP contribution in [0.3, 0.4) is 0 Å². The Kier molecular flexibility index (Phi) is 3.97. The van der Waals surface area contributed by atoms with Crippen molar-refractivity contribution in [3.63, 3.8) is 0 Å². The summed E-state index contributed by atoms with van der Waals surface area (Å²) in [5, 5.41) is 6.68. The molecule has 0 bridgehead atoms. The van der Waals surface area contributed by atoms with Crippen molar-refractivity contribution in [2.75, 3.05) is 5.32 Å². The number of nitrogens with one attached hydrogen (secondary N) is 1. The Morgan fingerprint density at radius 1 is 1.04 bits per heavy atom. The van der Waals surface area contributed by atoms with E-state index in [1.54, 1.807) is 61.1 Å². The van der Waals surface area contributed by atoms with Crippen LogP contribution in [0.1, 0.15) is 15.9 Å². The Balaban J connectivity index is 1.83. The highest BCUT2D eigenvalue weighted by atomic mass is 16.2. The van der Waals surface area contributed by atoms with Gasteiger partial charge in [0.1, 0.15) is 0 Å². The summed E-state index contributed by atoms with van der Waals surface area (Å²) in [6, 6.07) is 11.9. The standard InChI is InChI=1S/C17H14N4O2/c1-12-5-7-13(8-6-12)15(22)17(23)20-14-4-2-9-18-16(14)21-11-3-10-19-21/h2-11H,1H3,(H,20,23). The molecule has 114 valence electrons. The molecule has 23 heavy (non-hydrogen) atoms. The molecule has 3 aromatic rings. The highest BCUT2D eigenvalue weighted by Gasteiger charge is 2.18. The average Bonchev–Trinajstić information content (AvgIpc) is 3.09. The molecule has 6 nitrogen and oxygen atoms in total. The topological polar surface area (TPSA) is 76.9 Å². The summed E-state index contributed by atoms with van der Waals surface area (Å²) in [6.07, 6.45) is 4.91. The lowest BCUT2D eigenvalue weighted by Crippen LogP contribution is -2.24. The van der Waals surface area contributed by atoms with Gasteiger partial charge in [-0.1, -0.05) is 29.8 Å². The van der Waals surface area contributed by atoms with Crippen LogP contribution in [0.2, 0.25) is 0 Å². The number of benzene rings is 1. The van der Waals surface area contributed by atoms with Crippen LogP contribution < -0.4 is 5.32 Å². The molecule has 0 spiro atoms. The highest BCUT2D eigenvalue weighted by molar-refractivity contribution is 6.46. The van der Waals surface area contributed by atoms with Crippen LogP contribution in [-0.4, -0.2) is 26.5 Å². The maximum atomic E-state index is 12.2. The summed E-state index contributed by atoms with van der Waals surface area (Å²) < 4.78 is 1.52. The van der Waals surface area contributed by atoms with Crippen molar-refractivity contribution in [2.45, 2.75) is 6.92 Å². The van der Waals surface area contributed by atoms with Gasteiger partial charge in [0.15, 0.2) is 5.82 Å². The number of rotatable bonds is 4. The molecule has 0 saturated heterocycles. The predicted molar refractivity (Wildman–Crippen MR) is 85.5 cm³/mol. The molecule has 0 fully saturated rings. The number of hydrogen-bond donors (Lipinski definition) is 1. The summed E-state index contributed by atoms with van der Waals surface area (Å²) in [7, 11) is 0. The fraction of sp³-hybridized carbons (Fsp3) is 0.0588. The third-order valence-corrected chi connectivity index (χ3v) is 3.28. The summed E-state index contributed by atoms with van der Waals surface area (Å²) in [4.78, 5) is 28.6. The molecular formula is C17H14N4O2. The third kappa shape index (κ3) is 3.16. The minimum atomic E-state index is -0.713. The Hall–Kier alpha value is -3.28. The van der Waals surface area contributed by atoms with Gasteiger partial charge in [0.2, 0.25) is 0 Å². The molecule has 2 heterocycles. The number of carbonyl (C=O) groups excluding carboxylic acids is 2. The second kappa shape index (κ2) is 6.23. The molecule has 2 aromatic heterocycles. The van der Waals surface area contributed by atoms with E-state index in [1.807, 2.05) is 6.92 Å². The van der Waals surface area contributed by atoms with Crippen molar-refractivity contribution >= 4 is 17.4 Å². The van der Waals surface area contributed by atoms with Crippen molar-refractivity contribution < 1.29 is 9.59 Å². The Bertz CT molecular complexity index is 839. The number of anilines is 1. The van der Waals surface area contributed by atoms with Crippen LogP contribution in [0.5, 0.6) is 0 Å². The van der Waals surface area contributed by atoms with Gasteiger partial charge in [0.05, 0.1) is 5.69 Å². The molecular weight excluding hydrogens is 292 g/mol. The number of aryl methyl sites for hydroxylation is 1. The van der Waals surface area contributed by atoms with Crippen molar-refractivity contribution in [1.29, 1.82) is 0 Å². The van der Waals surface area contributed by atoms with E-state index in [0.29, 0.717) is 17.1 Å². The normalized spacial score (nSPS) is 10.3. The van der Waals surface area contributed by atoms with E-state index in [1.165, 1.54) is 4.68 Å². The van der Waals surface area contributed by atoms with E-state index < -0.39 is 11.7 Å². The third-order valence-electron chi connectivity index (χ3n) is 3.28. The van der Waals surface area contributed by atoms with Crippen LogP contribution in [0.25, 0.3) is 5.82 Å². The lowest BCUT2D eigenvalue weighted by molar-refractivity contribution is -0.112. The van der Waals surface area contributed by atoms with Gasteiger partial charge in [-0.25, -0.2) is 9.67 Å². The Morgan fingerprint density at radius 3 is 2.52 bits per heavy atom. The van der Waals surface area contributed by atoms with Gasteiger partial charge in [-0.3, -0.25) is 9.59 Å². The van der Waals surface area contributed by atoms with Crippen LogP contribution >= 0.6 is 0 Å². The first-order valence-electron chi connectivity index (χ1n) is 7.02. The first-order chi connectivity index (χ1) is 11.1. The van der Waals surface area contributed by atoms with Gasteiger partial charge in [-0.15, -0.1) is 0 Å². The predicted octanol–water partition coefficient (Wildman–Crippen LogP) is 2.40. The number of carbonyl (C=O) groups is 2. The number of ketones is 1. The molecule has 0 aliphatic heterocycles. The van der Waals surface area contributed by atoms with Crippen LogP contribution in [0, 0.1) is 6.92 Å². The molecule has 0 saturated carbocycles. The molecule has 1 aromatic carbocycles. The first-order valence-corrected chi connectivity index (χ1v) is 7.02. The quantitative estimate of drug-likeness (QED) is 0.593. The van der Waals surface area contributed by atoms with Crippen LogP contribution in [-0.2, 0) is 4.79 Å². The van der Waals surface area contributed by atoms with E-state index >= 15 is 0 Å². The van der Waals surface area contributed by atoms with Crippen molar-refractivity contribution in [1.82, 2.24) is 14.8 Å². The number of amides is 1. The molecule has 1 amide bonds. The Labute approximate surface area is 132 Å². The van der Waals surface area contributed by atoms with E-state index in [9.17, 15) is 9.59 Å². The maximum absolute atomic E-state index is 12.2. The van der Waals surface area contributed by atoms with Gasteiger partial charge in [-0.2, -0.15) is 5.10 Å². The molecule has 1 N–H and O–H groups in total. The van der Waals surface area contributed by atoms with E-state index in [0.717, 1.165) is 5.56 Å². The summed E-state index contributed by atoms with van der Waals surface area (Å²) in [5.74, 6) is -0.863. The van der Waals surface area contributed by atoms with Crippen molar-refractivity contribution in [2.24, 2.45) is 0 Å². The van der Waals surface area contributed by atoms with E-state index in [2.05, 4.69) is 15.4 Å². The number of hydrogen-bond acceptors (Lipinski definition) is 4. The van der Waals surface area contributed by atoms with Crippen LogP contribution in [0.4, 0.5) is 5.69 Å². The van der Waals surface area contributed by atoms with Gasteiger partial charge in [0.25, 0.3) is 11.7 Å². The molecule has 3 rings (SSSR count). The lowest BCUT2D eigenvalue weighted by Gasteiger charge is -2.09. The highest BCUT2D eigenvalue weighted by Crippen LogP contribution is 2.16. The van der Waals surface area contributed by atoms with Crippen LogP contribution in [0.15, 0.2) is 61.1 Å². The van der Waals surface area contributed by atoms with Gasteiger partial charge >= 0.3 is 0 Å². The van der Waals surface area contributed by atoms with Crippen molar-refractivity contribution in [3.05, 3.63) is 72.2 Å². The minimum Gasteiger partial charge on any atom is -0.316 e. The Morgan fingerprint density at radius 2 is 1.83 bits per heavy atom. The lowest BCUT2D eigenvalue weighted by atomic mass is 10.1. The van der Waals surface area contributed by atoms with E-state index in [4.69, 9.17) is 0 Å². The average molecular weight is 306 g/mol. The molecule has 0 aliphatic carbocycles. The second-order valence-electron chi connectivity index (χ2n) is 4.97. The fourth-order valence-corrected chi connectivity index (χ4v) is 2.09. The summed E-state index contributed by atoms with van der Waals surface area (Å²) >= 11 is 0. The maximum Gasteiger partial charge on any atom is 0.296 e. The SMILES string of the molecule is Cc1ccc(C(=O)C(=O)Nc2cccnc2-n2cccn2)cc1. The monoisotopic (exact) mass is 306 g/mol. The number of aromatic nitrogens is 3. The smallest absolute Gasteiger partial charge is 0.296 e. The molecule has 0 aliphatic rings. The van der Waals surface area contributed by atoms with Crippen molar-refractivity contribution in [3.8, 4) is 5.82 Å². The number of Topliss-reactive ketones (excluding diaryl/α,β-unsaturated/α-hetero) is 1. The zero-order valence-corrected chi connectivity index (χ0v) is 12.4. The molecule has 0 radical (unpaired) electrons. The molecule has 0 atom stereocenters. The second-order valence-corrected chi connectivity index (χ2v) is 4.97. The number of pyridine rings is 1. The summed E-state index contributed by atoms with van der Waals surface area (Å²) in [5.41, 5.74) is 1.79. The fourth-order valence-electron chi connectivity index (χ4n) is 2.09.